The molecule has 0 radical (unpaired) electrons. The van der Waals surface area contributed by atoms with Crippen LogP contribution in [0.15, 0.2) is 22.8 Å². The highest BCUT2D eigenvalue weighted by molar-refractivity contribution is 9.10. The van der Waals surface area contributed by atoms with Gasteiger partial charge in [-0.1, -0.05) is 19.3 Å². The molecule has 1 saturated carbocycles. The van der Waals surface area contributed by atoms with Gasteiger partial charge in [0.05, 0.1) is 10.9 Å². The van der Waals surface area contributed by atoms with Crippen LogP contribution in [-0.4, -0.2) is 22.0 Å². The number of anilines is 1. The van der Waals surface area contributed by atoms with Crippen molar-refractivity contribution < 1.29 is 14.7 Å². The molecule has 1 aliphatic rings. The predicted octanol–water partition coefficient (Wildman–Crippen LogP) is 3.60. The largest absolute Gasteiger partial charge is 0.481 e. The maximum Gasteiger partial charge on any atom is 0.303 e. The predicted molar refractivity (Wildman–Crippen MR) is 83.0 cm³/mol. The highest BCUT2D eigenvalue weighted by Crippen LogP contribution is 2.42. The molecule has 5 nitrogen and oxygen atoms in total. The van der Waals surface area contributed by atoms with Crippen molar-refractivity contribution in [1.82, 2.24) is 4.98 Å². The van der Waals surface area contributed by atoms with Crippen molar-refractivity contribution in [2.45, 2.75) is 44.9 Å². The van der Waals surface area contributed by atoms with Crippen LogP contribution < -0.4 is 5.32 Å². The lowest BCUT2D eigenvalue weighted by atomic mass is 9.69. The molecule has 0 saturated heterocycles. The number of halogens is 1. The maximum atomic E-state index is 12.3. The van der Waals surface area contributed by atoms with Crippen molar-refractivity contribution in [3.63, 3.8) is 0 Å². The van der Waals surface area contributed by atoms with E-state index in [2.05, 4.69) is 26.2 Å². The minimum absolute atomic E-state index is 0.0593. The van der Waals surface area contributed by atoms with Crippen LogP contribution in [0.25, 0.3) is 0 Å². The molecule has 1 aromatic rings. The number of carboxylic acids is 1. The fourth-order valence-corrected chi connectivity index (χ4v) is 3.39. The number of hydrogen-bond donors (Lipinski definition) is 2. The molecule has 114 valence electrons. The third-order valence-electron chi connectivity index (χ3n) is 3.99. The maximum absolute atomic E-state index is 12.3. The standard InChI is InChI=1S/C15H19BrN2O3/c16-11-5-4-8-17-14(11)18-12(19)9-15(10-13(20)21)6-2-1-3-7-15/h4-5,8H,1-3,6-7,9-10H2,(H,20,21)(H,17,18,19). The molecule has 6 heteroatoms. The van der Waals surface area contributed by atoms with Crippen LogP contribution in [0, 0.1) is 5.41 Å². The second-order valence-corrected chi connectivity index (χ2v) is 6.54. The number of nitrogens with one attached hydrogen (secondary N) is 1. The van der Waals surface area contributed by atoms with Gasteiger partial charge in [-0.25, -0.2) is 4.98 Å². The van der Waals surface area contributed by atoms with E-state index in [0.29, 0.717) is 10.3 Å². The number of hydrogen-bond acceptors (Lipinski definition) is 3. The van der Waals surface area contributed by atoms with E-state index < -0.39 is 11.4 Å². The van der Waals surface area contributed by atoms with Crippen molar-refractivity contribution in [2.24, 2.45) is 5.41 Å². The minimum atomic E-state index is -0.830. The number of amides is 1. The van der Waals surface area contributed by atoms with Gasteiger partial charge in [-0.05, 0) is 46.3 Å². The molecule has 0 atom stereocenters. The number of carboxylic acid groups (broad SMARTS) is 1. The first-order chi connectivity index (χ1) is 10.0. The lowest BCUT2D eigenvalue weighted by Gasteiger charge is -2.35. The SMILES string of the molecule is O=C(O)CC1(CC(=O)Nc2ncccc2Br)CCCCC1. The molecule has 0 aromatic carbocycles. The van der Waals surface area contributed by atoms with Gasteiger partial charge >= 0.3 is 5.97 Å². The zero-order chi connectivity index (χ0) is 15.3. The summed E-state index contributed by atoms with van der Waals surface area (Å²) in [6.45, 7) is 0. The third kappa shape index (κ3) is 4.52. The summed E-state index contributed by atoms with van der Waals surface area (Å²) in [5.41, 5.74) is -0.407. The Balaban J connectivity index is 2.04. The molecule has 2 N–H and O–H groups in total. The third-order valence-corrected chi connectivity index (χ3v) is 4.63. The summed E-state index contributed by atoms with van der Waals surface area (Å²) in [7, 11) is 0. The number of carbonyl (C=O) groups excluding carboxylic acids is 1. The monoisotopic (exact) mass is 354 g/mol. The van der Waals surface area contributed by atoms with Crippen LogP contribution >= 0.6 is 15.9 Å². The summed E-state index contributed by atoms with van der Waals surface area (Å²) in [5, 5.41) is 11.9. The Hall–Kier alpha value is -1.43. The van der Waals surface area contributed by atoms with E-state index in [1.165, 1.54) is 0 Å². The van der Waals surface area contributed by atoms with E-state index in [-0.39, 0.29) is 18.7 Å². The van der Waals surface area contributed by atoms with Crippen molar-refractivity contribution >= 4 is 33.6 Å². The molecule has 0 unspecified atom stereocenters. The first-order valence-corrected chi connectivity index (χ1v) is 7.92. The van der Waals surface area contributed by atoms with Gasteiger partial charge in [0.15, 0.2) is 0 Å². The Kier molecular flexibility index (Phi) is 5.33. The molecule has 0 spiro atoms. The molecule has 2 rings (SSSR count). The smallest absolute Gasteiger partial charge is 0.303 e. The van der Waals surface area contributed by atoms with Gasteiger partial charge < -0.3 is 10.4 Å². The molecule has 1 aliphatic carbocycles. The Morgan fingerprint density at radius 2 is 2.00 bits per heavy atom. The van der Waals surface area contributed by atoms with Crippen molar-refractivity contribution in [3.05, 3.63) is 22.8 Å². The molecule has 0 aliphatic heterocycles. The van der Waals surface area contributed by atoms with Crippen LogP contribution in [0.2, 0.25) is 0 Å². The average Bonchev–Trinajstić information content (AvgIpc) is 2.41. The summed E-state index contributed by atoms with van der Waals surface area (Å²) in [4.78, 5) is 27.5. The summed E-state index contributed by atoms with van der Waals surface area (Å²) < 4.78 is 0.717. The number of aromatic nitrogens is 1. The number of nitrogens with zero attached hydrogens (tertiary/aromatic N) is 1. The first-order valence-electron chi connectivity index (χ1n) is 7.13. The van der Waals surface area contributed by atoms with E-state index in [1.54, 1.807) is 18.3 Å². The lowest BCUT2D eigenvalue weighted by Crippen LogP contribution is -2.32. The molecular weight excluding hydrogens is 336 g/mol. The van der Waals surface area contributed by atoms with Crippen LogP contribution in [0.4, 0.5) is 5.82 Å². The number of pyridine rings is 1. The Bertz CT molecular complexity index is 527. The highest BCUT2D eigenvalue weighted by atomic mass is 79.9. The fraction of sp³-hybridized carbons (Fsp3) is 0.533. The van der Waals surface area contributed by atoms with Gasteiger partial charge in [-0.2, -0.15) is 0 Å². The van der Waals surface area contributed by atoms with Crippen molar-refractivity contribution in [1.29, 1.82) is 0 Å². The van der Waals surface area contributed by atoms with Crippen LogP contribution in [-0.2, 0) is 9.59 Å². The summed E-state index contributed by atoms with van der Waals surface area (Å²) in [6.07, 6.45) is 6.61. The summed E-state index contributed by atoms with van der Waals surface area (Å²) in [6, 6.07) is 3.57. The fourth-order valence-electron chi connectivity index (χ4n) is 3.03. The first kappa shape index (κ1) is 15.9. The van der Waals surface area contributed by atoms with Gasteiger partial charge in [-0.15, -0.1) is 0 Å². The molecule has 1 heterocycles. The van der Waals surface area contributed by atoms with Gasteiger partial charge in [0.25, 0.3) is 0 Å². The Morgan fingerprint density at radius 1 is 1.29 bits per heavy atom. The molecule has 1 amide bonds. The normalized spacial score (nSPS) is 17.2. The number of aliphatic carboxylic acids is 1. The number of carbonyl (C=O) groups is 2. The Labute approximate surface area is 132 Å². The lowest BCUT2D eigenvalue weighted by molar-refractivity contribution is -0.140. The molecular formula is C15H19BrN2O3. The van der Waals surface area contributed by atoms with Gasteiger partial charge in [0.1, 0.15) is 5.82 Å². The second-order valence-electron chi connectivity index (χ2n) is 5.69. The topological polar surface area (TPSA) is 79.3 Å². The minimum Gasteiger partial charge on any atom is -0.481 e. The van der Waals surface area contributed by atoms with Crippen molar-refractivity contribution in [2.75, 3.05) is 5.32 Å². The molecule has 0 bridgehead atoms. The van der Waals surface area contributed by atoms with E-state index >= 15 is 0 Å². The zero-order valence-corrected chi connectivity index (χ0v) is 13.4. The summed E-state index contributed by atoms with van der Waals surface area (Å²) >= 11 is 3.33. The molecule has 1 fully saturated rings. The van der Waals surface area contributed by atoms with E-state index in [4.69, 9.17) is 5.11 Å². The molecule has 21 heavy (non-hydrogen) atoms. The van der Waals surface area contributed by atoms with Crippen LogP contribution in [0.1, 0.15) is 44.9 Å². The van der Waals surface area contributed by atoms with E-state index in [9.17, 15) is 9.59 Å². The second kappa shape index (κ2) is 7.02. The average molecular weight is 355 g/mol. The quantitative estimate of drug-likeness (QED) is 0.846. The number of rotatable bonds is 5. The van der Waals surface area contributed by atoms with Crippen molar-refractivity contribution in [3.8, 4) is 0 Å². The Morgan fingerprint density at radius 3 is 2.62 bits per heavy atom. The van der Waals surface area contributed by atoms with Gasteiger partial charge in [-0.3, -0.25) is 9.59 Å². The summed E-state index contributed by atoms with van der Waals surface area (Å²) in [5.74, 6) is -0.523. The highest BCUT2D eigenvalue weighted by Gasteiger charge is 2.36. The van der Waals surface area contributed by atoms with E-state index in [1.807, 2.05) is 0 Å². The van der Waals surface area contributed by atoms with Crippen LogP contribution in [0.3, 0.4) is 0 Å². The van der Waals surface area contributed by atoms with Crippen LogP contribution in [0.5, 0.6) is 0 Å². The van der Waals surface area contributed by atoms with Gasteiger partial charge in [0.2, 0.25) is 5.91 Å². The molecule has 1 aromatic heterocycles. The zero-order valence-electron chi connectivity index (χ0n) is 11.8. The van der Waals surface area contributed by atoms with Gasteiger partial charge in [0, 0.05) is 12.6 Å². The van der Waals surface area contributed by atoms with E-state index in [0.717, 1.165) is 32.1 Å².